The van der Waals surface area contributed by atoms with E-state index in [0.717, 1.165) is 19.6 Å². The molecule has 3 heterocycles. The van der Waals surface area contributed by atoms with E-state index in [-0.39, 0.29) is 5.60 Å². The summed E-state index contributed by atoms with van der Waals surface area (Å²) in [5.41, 5.74) is 0.149. The molecule has 2 saturated heterocycles. The zero-order valence-electron chi connectivity index (χ0n) is 12.7. The van der Waals surface area contributed by atoms with Gasteiger partial charge < -0.3 is 9.64 Å². The molecule has 0 bridgehead atoms. The van der Waals surface area contributed by atoms with E-state index in [0.29, 0.717) is 6.10 Å². The van der Waals surface area contributed by atoms with Gasteiger partial charge in [-0.2, -0.15) is 0 Å². The number of likely N-dealkylation sites (N-methyl/N-ethyl adjacent to an activating group) is 1. The van der Waals surface area contributed by atoms with E-state index in [4.69, 9.17) is 4.74 Å². The third-order valence-electron chi connectivity index (χ3n) is 4.50. The average Bonchev–Trinajstić information content (AvgIpc) is 3.00. The maximum atomic E-state index is 6.52. The standard InChI is InChI=1S/C16H26N2OS/c1-17(2)11-14-5-3-7-16(19-14)8-9-18(13-16)12-15-6-4-10-20-15/h4,6,10,14H,3,5,7-9,11-13H2,1-2H3/t14-,16-/m1/s1. The molecule has 0 amide bonds. The highest BCUT2D eigenvalue weighted by molar-refractivity contribution is 7.09. The van der Waals surface area contributed by atoms with Crippen molar-refractivity contribution in [1.82, 2.24) is 9.80 Å². The summed E-state index contributed by atoms with van der Waals surface area (Å²) in [6.07, 6.45) is 5.44. The average molecular weight is 294 g/mol. The Morgan fingerprint density at radius 3 is 3.10 bits per heavy atom. The van der Waals surface area contributed by atoms with Crippen molar-refractivity contribution < 1.29 is 4.74 Å². The van der Waals surface area contributed by atoms with Gasteiger partial charge in [0.05, 0.1) is 11.7 Å². The van der Waals surface area contributed by atoms with Crippen LogP contribution >= 0.6 is 11.3 Å². The van der Waals surface area contributed by atoms with Crippen LogP contribution in [0, 0.1) is 0 Å². The van der Waals surface area contributed by atoms with Crippen LogP contribution in [0.25, 0.3) is 0 Å². The lowest BCUT2D eigenvalue weighted by Gasteiger charge is -2.39. The molecule has 0 radical (unpaired) electrons. The topological polar surface area (TPSA) is 15.7 Å². The fourth-order valence-corrected chi connectivity index (χ4v) is 4.39. The van der Waals surface area contributed by atoms with Crippen molar-refractivity contribution in [2.75, 3.05) is 33.7 Å². The number of likely N-dealkylation sites (tertiary alicyclic amines) is 1. The van der Waals surface area contributed by atoms with Gasteiger partial charge in [0, 0.05) is 31.1 Å². The largest absolute Gasteiger partial charge is 0.369 e. The minimum atomic E-state index is 0.149. The molecule has 20 heavy (non-hydrogen) atoms. The molecule has 2 atom stereocenters. The Balaban J connectivity index is 1.57. The van der Waals surface area contributed by atoms with Gasteiger partial charge in [0.2, 0.25) is 0 Å². The third-order valence-corrected chi connectivity index (χ3v) is 5.36. The summed E-state index contributed by atoms with van der Waals surface area (Å²) in [5.74, 6) is 0. The Morgan fingerprint density at radius 2 is 2.35 bits per heavy atom. The van der Waals surface area contributed by atoms with E-state index in [1.165, 1.54) is 37.1 Å². The summed E-state index contributed by atoms with van der Waals surface area (Å²) < 4.78 is 6.52. The van der Waals surface area contributed by atoms with Crippen LogP contribution in [-0.2, 0) is 11.3 Å². The van der Waals surface area contributed by atoms with Crippen LogP contribution in [0.3, 0.4) is 0 Å². The predicted octanol–water partition coefficient (Wildman–Crippen LogP) is 2.82. The first-order valence-corrected chi connectivity index (χ1v) is 8.60. The van der Waals surface area contributed by atoms with E-state index in [1.807, 2.05) is 11.3 Å². The van der Waals surface area contributed by atoms with Crippen molar-refractivity contribution >= 4 is 11.3 Å². The summed E-state index contributed by atoms with van der Waals surface area (Å²) in [5, 5.41) is 2.17. The predicted molar refractivity (Wildman–Crippen MR) is 84.2 cm³/mol. The van der Waals surface area contributed by atoms with Gasteiger partial charge >= 0.3 is 0 Å². The van der Waals surface area contributed by atoms with E-state index < -0.39 is 0 Å². The van der Waals surface area contributed by atoms with E-state index in [9.17, 15) is 0 Å². The number of hydrogen-bond acceptors (Lipinski definition) is 4. The van der Waals surface area contributed by atoms with Crippen LogP contribution in [0.5, 0.6) is 0 Å². The molecule has 1 aromatic heterocycles. The van der Waals surface area contributed by atoms with E-state index in [2.05, 4.69) is 41.4 Å². The van der Waals surface area contributed by atoms with Gasteiger partial charge in [-0.1, -0.05) is 6.07 Å². The molecule has 2 aliphatic rings. The Labute approximate surface area is 126 Å². The first-order chi connectivity index (χ1) is 9.65. The normalized spacial score (nSPS) is 31.4. The number of nitrogens with zero attached hydrogens (tertiary/aromatic N) is 2. The number of hydrogen-bond donors (Lipinski definition) is 0. The van der Waals surface area contributed by atoms with Crippen LogP contribution in [0.1, 0.15) is 30.6 Å². The highest BCUT2D eigenvalue weighted by atomic mass is 32.1. The minimum absolute atomic E-state index is 0.149. The molecule has 112 valence electrons. The molecular weight excluding hydrogens is 268 g/mol. The molecule has 1 aromatic rings. The second-order valence-electron chi connectivity index (χ2n) is 6.62. The lowest BCUT2D eigenvalue weighted by molar-refractivity contribution is -0.126. The van der Waals surface area contributed by atoms with Gasteiger partial charge in [-0.25, -0.2) is 0 Å². The first-order valence-electron chi connectivity index (χ1n) is 7.73. The van der Waals surface area contributed by atoms with Crippen molar-refractivity contribution in [2.24, 2.45) is 0 Å². The SMILES string of the molecule is CN(C)C[C@H]1CCC[C@]2(CCN(Cc3cccs3)C2)O1. The van der Waals surface area contributed by atoms with Crippen molar-refractivity contribution in [3.05, 3.63) is 22.4 Å². The second kappa shape index (κ2) is 6.14. The second-order valence-corrected chi connectivity index (χ2v) is 7.65. The Hall–Kier alpha value is -0.420. The zero-order valence-corrected chi connectivity index (χ0v) is 13.5. The quantitative estimate of drug-likeness (QED) is 0.849. The van der Waals surface area contributed by atoms with Crippen LogP contribution in [-0.4, -0.2) is 55.2 Å². The van der Waals surface area contributed by atoms with E-state index >= 15 is 0 Å². The highest BCUT2D eigenvalue weighted by Crippen LogP contribution is 2.37. The van der Waals surface area contributed by atoms with Crippen molar-refractivity contribution in [3.8, 4) is 0 Å². The van der Waals surface area contributed by atoms with Gasteiger partial charge in [0.25, 0.3) is 0 Å². The van der Waals surface area contributed by atoms with Gasteiger partial charge in [0.15, 0.2) is 0 Å². The van der Waals surface area contributed by atoms with Gasteiger partial charge in [0.1, 0.15) is 0 Å². The first kappa shape index (κ1) is 14.5. The minimum Gasteiger partial charge on any atom is -0.369 e. The number of thiophene rings is 1. The van der Waals surface area contributed by atoms with Crippen molar-refractivity contribution in [2.45, 2.75) is 43.9 Å². The fraction of sp³-hybridized carbons (Fsp3) is 0.750. The molecule has 1 spiro atoms. The monoisotopic (exact) mass is 294 g/mol. The van der Waals surface area contributed by atoms with Crippen molar-refractivity contribution in [3.63, 3.8) is 0 Å². The molecule has 0 unspecified atom stereocenters. The molecule has 0 aromatic carbocycles. The number of rotatable bonds is 4. The molecule has 0 saturated carbocycles. The summed E-state index contributed by atoms with van der Waals surface area (Å²) in [7, 11) is 4.28. The van der Waals surface area contributed by atoms with Crippen LogP contribution in [0.4, 0.5) is 0 Å². The summed E-state index contributed by atoms with van der Waals surface area (Å²) >= 11 is 1.86. The Kier molecular flexibility index (Phi) is 4.46. The van der Waals surface area contributed by atoms with Gasteiger partial charge in [-0.15, -0.1) is 11.3 Å². The van der Waals surface area contributed by atoms with Crippen LogP contribution < -0.4 is 0 Å². The molecule has 0 aliphatic carbocycles. The Bertz CT molecular complexity index is 420. The molecular formula is C16H26N2OS. The lowest BCUT2D eigenvalue weighted by atomic mass is 9.90. The summed E-state index contributed by atoms with van der Waals surface area (Å²) in [6.45, 7) is 4.47. The molecule has 0 N–H and O–H groups in total. The maximum Gasteiger partial charge on any atom is 0.0825 e. The van der Waals surface area contributed by atoms with Gasteiger partial charge in [-0.05, 0) is 51.2 Å². The van der Waals surface area contributed by atoms with Crippen LogP contribution in [0.15, 0.2) is 17.5 Å². The van der Waals surface area contributed by atoms with E-state index in [1.54, 1.807) is 0 Å². The third kappa shape index (κ3) is 3.42. The number of ether oxygens (including phenoxy) is 1. The van der Waals surface area contributed by atoms with Crippen LogP contribution in [0.2, 0.25) is 0 Å². The molecule has 3 rings (SSSR count). The molecule has 2 fully saturated rings. The Morgan fingerprint density at radius 1 is 1.45 bits per heavy atom. The smallest absolute Gasteiger partial charge is 0.0825 e. The fourth-order valence-electron chi connectivity index (χ4n) is 3.64. The molecule has 4 heteroatoms. The summed E-state index contributed by atoms with van der Waals surface area (Å²) in [6, 6.07) is 4.39. The molecule has 3 nitrogen and oxygen atoms in total. The molecule has 2 aliphatic heterocycles. The van der Waals surface area contributed by atoms with Gasteiger partial charge in [-0.3, -0.25) is 4.90 Å². The maximum absolute atomic E-state index is 6.52. The highest BCUT2D eigenvalue weighted by Gasteiger charge is 2.42. The lowest BCUT2D eigenvalue weighted by Crippen LogP contribution is -2.45. The zero-order chi connectivity index (χ0) is 14.0. The van der Waals surface area contributed by atoms with Crippen molar-refractivity contribution in [1.29, 1.82) is 0 Å². The summed E-state index contributed by atoms with van der Waals surface area (Å²) in [4.78, 5) is 6.30.